The number of benzene rings is 2. The number of carbonyl (C=O) groups is 1. The lowest BCUT2D eigenvalue weighted by Gasteiger charge is -2.11. The summed E-state index contributed by atoms with van der Waals surface area (Å²) in [5.41, 5.74) is 3.64. The summed E-state index contributed by atoms with van der Waals surface area (Å²) in [6, 6.07) is 12.0. The minimum Gasteiger partial charge on any atom is -0.377 e. The highest BCUT2D eigenvalue weighted by Crippen LogP contribution is 2.41. The first-order valence-corrected chi connectivity index (χ1v) is 7.20. The van der Waals surface area contributed by atoms with Gasteiger partial charge in [-0.05, 0) is 29.7 Å². The molecule has 0 amide bonds. The zero-order chi connectivity index (χ0) is 16.4. The molecule has 2 aromatic rings. The predicted molar refractivity (Wildman–Crippen MR) is 78.1 cm³/mol. The van der Waals surface area contributed by atoms with Gasteiger partial charge in [0, 0.05) is 5.92 Å². The maximum absolute atomic E-state index is 13.2. The Labute approximate surface area is 131 Å². The lowest BCUT2D eigenvalue weighted by molar-refractivity contribution is -0.162. The van der Waals surface area contributed by atoms with Crippen LogP contribution in [0.4, 0.5) is 8.78 Å². The predicted octanol–water partition coefficient (Wildman–Crippen LogP) is 2.60. The first kappa shape index (κ1) is 15.6. The van der Waals surface area contributed by atoms with Crippen molar-refractivity contribution in [2.75, 3.05) is 0 Å². The third kappa shape index (κ3) is 3.55. The number of halogens is 2. The minimum absolute atomic E-state index is 0.0493. The summed E-state index contributed by atoms with van der Waals surface area (Å²) >= 11 is 0. The lowest BCUT2D eigenvalue weighted by Crippen LogP contribution is -2.27. The van der Waals surface area contributed by atoms with Crippen molar-refractivity contribution in [3.8, 4) is 0 Å². The van der Waals surface area contributed by atoms with Gasteiger partial charge in [0.1, 0.15) is 0 Å². The van der Waals surface area contributed by atoms with Crippen LogP contribution in [0.3, 0.4) is 0 Å². The molecule has 2 aromatic carbocycles. The molecule has 0 bridgehead atoms. The molecule has 3 atom stereocenters. The lowest BCUT2D eigenvalue weighted by atomic mass is 10.1. The third-order valence-electron chi connectivity index (χ3n) is 3.81. The quantitative estimate of drug-likeness (QED) is 0.832. The standard InChI is InChI=1S/C17H15F2NO3/c18-13-7-6-11(8-14(13)19)12-9-15(12)20-23-17(22)16(21)10-4-2-1-3-5-10/h1-8,12,15-16,20-21H,9H2/t12?,15?,16-/m1/s1. The Bertz CT molecular complexity index is 708. The van der Waals surface area contributed by atoms with Gasteiger partial charge in [-0.2, -0.15) is 0 Å². The van der Waals surface area contributed by atoms with E-state index < -0.39 is 23.7 Å². The maximum atomic E-state index is 13.2. The van der Waals surface area contributed by atoms with Gasteiger partial charge in [-0.1, -0.05) is 36.4 Å². The van der Waals surface area contributed by atoms with Crippen molar-refractivity contribution in [3.05, 3.63) is 71.3 Å². The van der Waals surface area contributed by atoms with E-state index in [1.54, 1.807) is 30.3 Å². The van der Waals surface area contributed by atoms with Gasteiger partial charge >= 0.3 is 5.97 Å². The molecule has 0 spiro atoms. The van der Waals surface area contributed by atoms with Crippen LogP contribution in [0, 0.1) is 11.6 Å². The number of rotatable bonds is 5. The van der Waals surface area contributed by atoms with E-state index in [1.165, 1.54) is 6.07 Å². The van der Waals surface area contributed by atoms with Crippen LogP contribution >= 0.6 is 0 Å². The van der Waals surface area contributed by atoms with Crippen molar-refractivity contribution in [2.24, 2.45) is 0 Å². The van der Waals surface area contributed by atoms with Crippen molar-refractivity contribution < 1.29 is 23.5 Å². The van der Waals surface area contributed by atoms with E-state index in [9.17, 15) is 18.7 Å². The Morgan fingerprint density at radius 3 is 2.61 bits per heavy atom. The number of aliphatic hydroxyl groups excluding tert-OH is 1. The van der Waals surface area contributed by atoms with Gasteiger partial charge in [-0.25, -0.2) is 13.6 Å². The molecule has 2 N–H and O–H groups in total. The van der Waals surface area contributed by atoms with Crippen molar-refractivity contribution in [2.45, 2.75) is 24.5 Å². The second-order valence-corrected chi connectivity index (χ2v) is 5.47. The van der Waals surface area contributed by atoms with Crippen LogP contribution in [-0.2, 0) is 9.63 Å². The molecule has 120 valence electrons. The Morgan fingerprint density at radius 1 is 1.17 bits per heavy atom. The number of aliphatic hydroxyl groups is 1. The summed E-state index contributed by atoms with van der Waals surface area (Å²) < 4.78 is 26.1. The summed E-state index contributed by atoms with van der Waals surface area (Å²) in [5, 5.41) is 9.87. The Kier molecular flexibility index (Phi) is 4.36. The van der Waals surface area contributed by atoms with Gasteiger partial charge in [-0.3, -0.25) is 0 Å². The van der Waals surface area contributed by atoms with Crippen LogP contribution < -0.4 is 5.48 Å². The molecule has 2 unspecified atom stereocenters. The van der Waals surface area contributed by atoms with Crippen molar-refractivity contribution in [1.29, 1.82) is 0 Å². The Morgan fingerprint density at radius 2 is 1.91 bits per heavy atom. The summed E-state index contributed by atoms with van der Waals surface area (Å²) in [5.74, 6) is -2.65. The van der Waals surface area contributed by atoms with E-state index >= 15 is 0 Å². The largest absolute Gasteiger partial charge is 0.377 e. The van der Waals surface area contributed by atoms with Crippen molar-refractivity contribution >= 4 is 5.97 Å². The van der Waals surface area contributed by atoms with E-state index in [-0.39, 0.29) is 12.0 Å². The summed E-state index contributed by atoms with van der Waals surface area (Å²) in [6.45, 7) is 0. The molecule has 6 heteroatoms. The van der Waals surface area contributed by atoms with Crippen LogP contribution in [0.15, 0.2) is 48.5 Å². The van der Waals surface area contributed by atoms with Gasteiger partial charge in [0.15, 0.2) is 17.7 Å². The number of hydrogen-bond donors (Lipinski definition) is 2. The molecule has 0 aromatic heterocycles. The Balaban J connectivity index is 1.52. The number of hydroxylamine groups is 1. The highest BCUT2D eigenvalue weighted by Gasteiger charge is 2.40. The van der Waals surface area contributed by atoms with Gasteiger partial charge in [0.2, 0.25) is 0 Å². The molecule has 0 radical (unpaired) electrons. The molecule has 1 saturated carbocycles. The molecule has 1 fully saturated rings. The van der Waals surface area contributed by atoms with Crippen molar-refractivity contribution in [3.63, 3.8) is 0 Å². The second kappa shape index (κ2) is 6.44. The van der Waals surface area contributed by atoms with Gasteiger partial charge in [0.25, 0.3) is 0 Å². The fourth-order valence-corrected chi connectivity index (χ4v) is 2.40. The fourth-order valence-electron chi connectivity index (χ4n) is 2.40. The number of hydrogen-bond acceptors (Lipinski definition) is 4. The van der Waals surface area contributed by atoms with Crippen LogP contribution in [0.1, 0.15) is 29.6 Å². The normalized spacial score (nSPS) is 20.8. The fraction of sp³-hybridized carbons (Fsp3) is 0.235. The highest BCUT2D eigenvalue weighted by molar-refractivity contribution is 5.75. The zero-order valence-electron chi connectivity index (χ0n) is 12.1. The third-order valence-corrected chi connectivity index (χ3v) is 3.81. The van der Waals surface area contributed by atoms with Crippen molar-refractivity contribution in [1.82, 2.24) is 5.48 Å². The monoisotopic (exact) mass is 319 g/mol. The van der Waals surface area contributed by atoms with Crippen LogP contribution in [0.2, 0.25) is 0 Å². The molecule has 4 nitrogen and oxygen atoms in total. The van der Waals surface area contributed by atoms with Crippen LogP contribution in [-0.4, -0.2) is 17.1 Å². The van der Waals surface area contributed by atoms with Gasteiger partial charge in [0.05, 0.1) is 6.04 Å². The molecule has 0 heterocycles. The first-order chi connectivity index (χ1) is 11.1. The minimum atomic E-state index is -1.37. The molecular formula is C17H15F2NO3. The average Bonchev–Trinajstić information content (AvgIpc) is 3.35. The summed E-state index contributed by atoms with van der Waals surface area (Å²) in [7, 11) is 0. The Hall–Kier alpha value is -2.31. The average molecular weight is 319 g/mol. The van der Waals surface area contributed by atoms with E-state index in [1.807, 2.05) is 0 Å². The van der Waals surface area contributed by atoms with Crippen LogP contribution in [0.5, 0.6) is 0 Å². The smallest absolute Gasteiger partial charge is 0.358 e. The van der Waals surface area contributed by atoms with E-state index in [2.05, 4.69) is 5.48 Å². The topological polar surface area (TPSA) is 58.6 Å². The summed E-state index contributed by atoms with van der Waals surface area (Å²) in [6.07, 6.45) is -0.732. The van der Waals surface area contributed by atoms with Gasteiger partial charge in [-0.15, -0.1) is 5.48 Å². The number of nitrogens with one attached hydrogen (secondary N) is 1. The molecule has 0 saturated heterocycles. The molecule has 0 aliphatic heterocycles. The summed E-state index contributed by atoms with van der Waals surface area (Å²) in [4.78, 5) is 16.7. The first-order valence-electron chi connectivity index (χ1n) is 7.20. The molecular weight excluding hydrogens is 304 g/mol. The second-order valence-electron chi connectivity index (χ2n) is 5.47. The van der Waals surface area contributed by atoms with Crippen LogP contribution in [0.25, 0.3) is 0 Å². The molecule has 23 heavy (non-hydrogen) atoms. The van der Waals surface area contributed by atoms with E-state index in [0.717, 1.165) is 12.1 Å². The van der Waals surface area contributed by atoms with Gasteiger partial charge < -0.3 is 9.94 Å². The molecule has 3 rings (SSSR count). The highest BCUT2D eigenvalue weighted by atomic mass is 19.2. The maximum Gasteiger partial charge on any atom is 0.358 e. The zero-order valence-corrected chi connectivity index (χ0v) is 12.1. The number of carbonyl (C=O) groups excluding carboxylic acids is 1. The van der Waals surface area contributed by atoms with E-state index in [4.69, 9.17) is 4.84 Å². The van der Waals surface area contributed by atoms with E-state index in [0.29, 0.717) is 17.5 Å². The molecule has 1 aliphatic carbocycles. The SMILES string of the molecule is O=C(ONC1CC1c1ccc(F)c(F)c1)[C@H](O)c1ccccc1. The molecule has 1 aliphatic rings.